The highest BCUT2D eigenvalue weighted by Gasteiger charge is 2.33. The number of halogens is 1. The summed E-state index contributed by atoms with van der Waals surface area (Å²) in [4.78, 5) is 0. The molecular formula is C16H26FNO2. The molecule has 114 valence electrons. The Morgan fingerprint density at radius 1 is 1.30 bits per heavy atom. The lowest BCUT2D eigenvalue weighted by atomic mass is 9.87. The average Bonchev–Trinajstić information content (AvgIpc) is 2.47. The van der Waals surface area contributed by atoms with Crippen LogP contribution in [0.15, 0.2) is 18.2 Å². The molecule has 0 saturated heterocycles. The maximum atomic E-state index is 13.9. The zero-order chi connectivity index (χ0) is 15.2. The standard InChI is InChI=1S/C16H26FNO2/c1-6-10-18-15(16(3,7-2)20-5)12-8-9-14(19-4)13(17)11-12/h8-9,11,15,18H,6-7,10H2,1-5H3. The van der Waals surface area contributed by atoms with Gasteiger partial charge in [-0.25, -0.2) is 4.39 Å². The van der Waals surface area contributed by atoms with Crippen molar-refractivity contribution in [1.29, 1.82) is 0 Å². The fourth-order valence-corrected chi connectivity index (χ4v) is 2.30. The number of nitrogens with one attached hydrogen (secondary N) is 1. The third kappa shape index (κ3) is 3.70. The van der Waals surface area contributed by atoms with Crippen LogP contribution in [0.25, 0.3) is 0 Å². The van der Waals surface area contributed by atoms with Crippen molar-refractivity contribution in [3.63, 3.8) is 0 Å². The highest BCUT2D eigenvalue weighted by Crippen LogP contribution is 2.33. The van der Waals surface area contributed by atoms with Crippen LogP contribution in [-0.2, 0) is 4.74 Å². The average molecular weight is 283 g/mol. The summed E-state index contributed by atoms with van der Waals surface area (Å²) in [6.45, 7) is 7.08. The van der Waals surface area contributed by atoms with E-state index in [0.717, 1.165) is 24.9 Å². The molecule has 0 spiro atoms. The van der Waals surface area contributed by atoms with Crippen LogP contribution in [0.3, 0.4) is 0 Å². The van der Waals surface area contributed by atoms with Gasteiger partial charge >= 0.3 is 0 Å². The Labute approximate surface area is 121 Å². The van der Waals surface area contributed by atoms with Gasteiger partial charge in [0.15, 0.2) is 11.6 Å². The molecule has 0 saturated carbocycles. The van der Waals surface area contributed by atoms with Crippen LogP contribution in [0, 0.1) is 5.82 Å². The Hall–Kier alpha value is -1.13. The minimum absolute atomic E-state index is 0.0575. The van der Waals surface area contributed by atoms with Crippen LogP contribution in [0.1, 0.15) is 45.2 Å². The van der Waals surface area contributed by atoms with Crippen LogP contribution in [0.5, 0.6) is 5.75 Å². The normalized spacial score (nSPS) is 15.7. The molecule has 1 aromatic rings. The summed E-state index contributed by atoms with van der Waals surface area (Å²) in [6, 6.07) is 5.02. The molecule has 2 atom stereocenters. The maximum Gasteiger partial charge on any atom is 0.165 e. The van der Waals surface area contributed by atoms with Gasteiger partial charge in [0.05, 0.1) is 18.8 Å². The summed E-state index contributed by atoms with van der Waals surface area (Å²) in [5.74, 6) is -0.0820. The smallest absolute Gasteiger partial charge is 0.165 e. The first kappa shape index (κ1) is 16.9. The largest absolute Gasteiger partial charge is 0.494 e. The van der Waals surface area contributed by atoms with Crippen molar-refractivity contribution < 1.29 is 13.9 Å². The Balaban J connectivity index is 3.13. The molecule has 0 fully saturated rings. The first-order valence-corrected chi connectivity index (χ1v) is 7.14. The first-order chi connectivity index (χ1) is 9.52. The number of hydrogen-bond acceptors (Lipinski definition) is 3. The lowest BCUT2D eigenvalue weighted by Crippen LogP contribution is -2.43. The van der Waals surface area contributed by atoms with Gasteiger partial charge in [-0.1, -0.05) is 19.9 Å². The number of methoxy groups -OCH3 is 2. The fourth-order valence-electron chi connectivity index (χ4n) is 2.30. The van der Waals surface area contributed by atoms with Crippen molar-refractivity contribution in [2.75, 3.05) is 20.8 Å². The Morgan fingerprint density at radius 2 is 2.00 bits per heavy atom. The van der Waals surface area contributed by atoms with Crippen molar-refractivity contribution in [1.82, 2.24) is 5.32 Å². The number of benzene rings is 1. The van der Waals surface area contributed by atoms with Crippen LogP contribution < -0.4 is 10.1 Å². The van der Waals surface area contributed by atoms with Gasteiger partial charge in [0.1, 0.15) is 0 Å². The van der Waals surface area contributed by atoms with E-state index >= 15 is 0 Å². The topological polar surface area (TPSA) is 30.5 Å². The molecule has 2 unspecified atom stereocenters. The second kappa shape index (κ2) is 7.60. The number of hydrogen-bond donors (Lipinski definition) is 1. The molecule has 0 aliphatic carbocycles. The molecule has 0 amide bonds. The minimum atomic E-state index is -0.379. The van der Waals surface area contributed by atoms with Gasteiger partial charge in [0.2, 0.25) is 0 Å². The molecule has 3 nitrogen and oxygen atoms in total. The molecule has 0 heterocycles. The van der Waals surface area contributed by atoms with Crippen molar-refractivity contribution in [2.45, 2.75) is 45.3 Å². The molecule has 0 radical (unpaired) electrons. The van der Waals surface area contributed by atoms with Crippen molar-refractivity contribution in [2.24, 2.45) is 0 Å². The number of ether oxygens (including phenoxy) is 2. The third-order valence-corrected chi connectivity index (χ3v) is 3.89. The van der Waals surface area contributed by atoms with E-state index in [0.29, 0.717) is 0 Å². The second-order valence-corrected chi connectivity index (χ2v) is 5.15. The molecule has 4 heteroatoms. The first-order valence-electron chi connectivity index (χ1n) is 7.14. The highest BCUT2D eigenvalue weighted by molar-refractivity contribution is 5.32. The third-order valence-electron chi connectivity index (χ3n) is 3.89. The molecule has 0 aliphatic rings. The maximum absolute atomic E-state index is 13.9. The van der Waals surface area contributed by atoms with E-state index < -0.39 is 0 Å². The van der Waals surface area contributed by atoms with Gasteiger partial charge in [-0.2, -0.15) is 0 Å². The zero-order valence-corrected chi connectivity index (χ0v) is 13.1. The van der Waals surface area contributed by atoms with E-state index in [1.807, 2.05) is 13.0 Å². The van der Waals surface area contributed by atoms with Crippen LogP contribution in [-0.4, -0.2) is 26.4 Å². The predicted molar refractivity (Wildman–Crippen MR) is 79.7 cm³/mol. The van der Waals surface area contributed by atoms with Gasteiger partial charge in [-0.05, 0) is 44.0 Å². The molecular weight excluding hydrogens is 257 g/mol. The van der Waals surface area contributed by atoms with Gasteiger partial charge < -0.3 is 14.8 Å². The van der Waals surface area contributed by atoms with Crippen molar-refractivity contribution in [3.8, 4) is 5.75 Å². The summed E-state index contributed by atoms with van der Waals surface area (Å²) in [6.07, 6.45) is 1.84. The van der Waals surface area contributed by atoms with Crippen LogP contribution in [0.4, 0.5) is 4.39 Å². The van der Waals surface area contributed by atoms with Gasteiger partial charge in [-0.15, -0.1) is 0 Å². The zero-order valence-electron chi connectivity index (χ0n) is 13.1. The molecule has 0 aromatic heterocycles. The molecule has 1 N–H and O–H groups in total. The van der Waals surface area contributed by atoms with E-state index in [2.05, 4.69) is 19.2 Å². The van der Waals surface area contributed by atoms with E-state index in [1.165, 1.54) is 13.2 Å². The second-order valence-electron chi connectivity index (χ2n) is 5.15. The summed E-state index contributed by atoms with van der Waals surface area (Å²) >= 11 is 0. The van der Waals surface area contributed by atoms with Crippen molar-refractivity contribution >= 4 is 0 Å². The Morgan fingerprint density at radius 3 is 2.45 bits per heavy atom. The quantitative estimate of drug-likeness (QED) is 0.789. The van der Waals surface area contributed by atoms with Crippen LogP contribution >= 0.6 is 0 Å². The molecule has 0 bridgehead atoms. The molecule has 0 aliphatic heterocycles. The van der Waals surface area contributed by atoms with Crippen LogP contribution in [0.2, 0.25) is 0 Å². The summed E-state index contributed by atoms with van der Waals surface area (Å²) in [7, 11) is 3.17. The Bertz CT molecular complexity index is 419. The highest BCUT2D eigenvalue weighted by atomic mass is 19.1. The lowest BCUT2D eigenvalue weighted by molar-refractivity contribution is -0.0300. The van der Waals surface area contributed by atoms with E-state index in [-0.39, 0.29) is 23.2 Å². The fraction of sp³-hybridized carbons (Fsp3) is 0.625. The molecule has 1 aromatic carbocycles. The summed E-state index contributed by atoms with van der Waals surface area (Å²) < 4.78 is 24.6. The van der Waals surface area contributed by atoms with Gasteiger partial charge in [0, 0.05) is 7.11 Å². The number of rotatable bonds is 8. The lowest BCUT2D eigenvalue weighted by Gasteiger charge is -2.37. The monoisotopic (exact) mass is 283 g/mol. The van der Waals surface area contributed by atoms with E-state index in [1.54, 1.807) is 13.2 Å². The summed E-state index contributed by atoms with van der Waals surface area (Å²) in [5, 5.41) is 3.46. The SMILES string of the molecule is CCCNC(c1ccc(OC)c(F)c1)C(C)(CC)OC. The van der Waals surface area contributed by atoms with Crippen molar-refractivity contribution in [3.05, 3.63) is 29.6 Å². The minimum Gasteiger partial charge on any atom is -0.494 e. The molecule has 20 heavy (non-hydrogen) atoms. The molecule has 1 rings (SSSR count). The van der Waals surface area contributed by atoms with E-state index in [4.69, 9.17) is 9.47 Å². The predicted octanol–water partition coefficient (Wildman–Crippen LogP) is 3.69. The van der Waals surface area contributed by atoms with Gasteiger partial charge in [0.25, 0.3) is 0 Å². The van der Waals surface area contributed by atoms with E-state index in [9.17, 15) is 4.39 Å². The van der Waals surface area contributed by atoms with Gasteiger partial charge in [-0.3, -0.25) is 0 Å². The Kier molecular flexibility index (Phi) is 6.43. The summed E-state index contributed by atoms with van der Waals surface area (Å²) in [5.41, 5.74) is 0.499.